The second-order valence-electron chi connectivity index (χ2n) is 5.99. The van der Waals surface area contributed by atoms with Crippen LogP contribution in [0.5, 0.6) is 0 Å². The Bertz CT molecular complexity index is 720. The van der Waals surface area contributed by atoms with Gasteiger partial charge in [-0.05, 0) is 49.1 Å². The van der Waals surface area contributed by atoms with Gasteiger partial charge in [0.05, 0.1) is 6.54 Å². The van der Waals surface area contributed by atoms with Crippen molar-refractivity contribution in [2.45, 2.75) is 31.6 Å². The number of hydrogen-bond donors (Lipinski definition) is 4. The van der Waals surface area contributed by atoms with E-state index in [1.54, 1.807) is 0 Å². The fourth-order valence-corrected chi connectivity index (χ4v) is 3.86. The van der Waals surface area contributed by atoms with E-state index in [1.807, 2.05) is 0 Å². The van der Waals surface area contributed by atoms with Crippen LogP contribution in [-0.2, 0) is 15.0 Å². The molecular formula is C14H22N4O5S. The predicted molar refractivity (Wildman–Crippen MR) is 86.7 cm³/mol. The molecule has 1 fully saturated rings. The van der Waals surface area contributed by atoms with Crippen LogP contribution in [0.15, 0.2) is 12.3 Å². The van der Waals surface area contributed by atoms with Crippen LogP contribution < -0.4 is 16.2 Å². The van der Waals surface area contributed by atoms with Gasteiger partial charge >= 0.3 is 16.2 Å². The van der Waals surface area contributed by atoms with E-state index in [9.17, 15) is 23.1 Å². The summed E-state index contributed by atoms with van der Waals surface area (Å²) >= 11 is 0. The van der Waals surface area contributed by atoms with Crippen LogP contribution in [0.2, 0.25) is 0 Å². The molecule has 1 aliphatic rings. The standard InChI is InChI=1S/C14H22N4O5S/c15-7-12(19)17-8-9-1-3-10(4-2-9)11-5-6-18(24(16,22)23)13(11)14(20)21/h5-6,9-10H,1-4,7-8,15H2,(H,17,19)(H,20,21)(H2,16,22,23)/t9-,10+. The molecule has 1 saturated carbocycles. The fourth-order valence-electron chi connectivity index (χ4n) is 3.20. The van der Waals surface area contributed by atoms with E-state index in [-0.39, 0.29) is 24.1 Å². The molecule has 9 nitrogen and oxygen atoms in total. The summed E-state index contributed by atoms with van der Waals surface area (Å²) in [6.45, 7) is 0.505. The van der Waals surface area contributed by atoms with Gasteiger partial charge in [-0.1, -0.05) is 0 Å². The van der Waals surface area contributed by atoms with Gasteiger partial charge in [0.15, 0.2) is 0 Å². The SMILES string of the molecule is NCC(=O)NC[C@H]1CC[C@@H](c2ccn(S(N)(=O)=O)c2C(=O)O)CC1. The molecule has 1 heterocycles. The summed E-state index contributed by atoms with van der Waals surface area (Å²) in [6, 6.07) is 1.51. The van der Waals surface area contributed by atoms with Gasteiger partial charge in [-0.15, -0.1) is 0 Å². The van der Waals surface area contributed by atoms with Gasteiger partial charge < -0.3 is 16.2 Å². The van der Waals surface area contributed by atoms with Crippen molar-refractivity contribution >= 4 is 22.1 Å². The monoisotopic (exact) mass is 358 g/mol. The maximum Gasteiger partial charge on any atom is 0.353 e. The van der Waals surface area contributed by atoms with Crippen LogP contribution in [0.3, 0.4) is 0 Å². The van der Waals surface area contributed by atoms with Crippen molar-refractivity contribution in [3.8, 4) is 0 Å². The normalized spacial score (nSPS) is 21.4. The molecule has 6 N–H and O–H groups in total. The van der Waals surface area contributed by atoms with E-state index in [4.69, 9.17) is 10.9 Å². The zero-order chi connectivity index (χ0) is 17.9. The summed E-state index contributed by atoms with van der Waals surface area (Å²) in [7, 11) is -4.15. The Kier molecular flexibility index (Phi) is 5.62. The molecule has 1 aromatic rings. The number of aromatic nitrogens is 1. The first kappa shape index (κ1) is 18.4. The highest BCUT2D eigenvalue weighted by Gasteiger charge is 2.29. The van der Waals surface area contributed by atoms with Gasteiger partial charge in [0, 0.05) is 12.7 Å². The van der Waals surface area contributed by atoms with Crippen molar-refractivity contribution in [1.29, 1.82) is 0 Å². The summed E-state index contributed by atoms with van der Waals surface area (Å²) < 4.78 is 23.6. The number of nitrogens with one attached hydrogen (secondary N) is 1. The lowest BCUT2D eigenvalue weighted by atomic mass is 9.78. The summed E-state index contributed by atoms with van der Waals surface area (Å²) in [5.41, 5.74) is 5.43. The zero-order valence-corrected chi connectivity index (χ0v) is 14.0. The lowest BCUT2D eigenvalue weighted by Crippen LogP contribution is -2.35. The lowest BCUT2D eigenvalue weighted by molar-refractivity contribution is -0.119. The van der Waals surface area contributed by atoms with Crippen molar-refractivity contribution in [1.82, 2.24) is 9.29 Å². The zero-order valence-electron chi connectivity index (χ0n) is 13.1. The average molecular weight is 358 g/mol. The first-order valence-electron chi connectivity index (χ1n) is 7.68. The van der Waals surface area contributed by atoms with Crippen LogP contribution >= 0.6 is 0 Å². The first-order valence-corrected chi connectivity index (χ1v) is 9.19. The molecular weight excluding hydrogens is 336 g/mol. The average Bonchev–Trinajstić information content (AvgIpc) is 2.98. The highest BCUT2D eigenvalue weighted by Crippen LogP contribution is 2.37. The Morgan fingerprint density at radius 1 is 1.29 bits per heavy atom. The number of nitrogens with two attached hydrogens (primary N) is 2. The largest absolute Gasteiger partial charge is 0.477 e. The maximum atomic E-state index is 11.5. The number of hydrogen-bond acceptors (Lipinski definition) is 5. The van der Waals surface area contributed by atoms with Crippen molar-refractivity contribution in [2.75, 3.05) is 13.1 Å². The third-order valence-corrected chi connectivity index (χ3v) is 5.27. The van der Waals surface area contributed by atoms with Gasteiger partial charge in [0.25, 0.3) is 0 Å². The lowest BCUT2D eigenvalue weighted by Gasteiger charge is -2.28. The number of carboxylic acids is 1. The molecule has 0 saturated heterocycles. The fraction of sp³-hybridized carbons (Fsp3) is 0.571. The minimum Gasteiger partial charge on any atom is -0.477 e. The van der Waals surface area contributed by atoms with Gasteiger partial charge in [-0.25, -0.2) is 13.9 Å². The van der Waals surface area contributed by atoms with Gasteiger partial charge in [0.2, 0.25) is 5.91 Å². The van der Waals surface area contributed by atoms with Crippen molar-refractivity contribution in [3.63, 3.8) is 0 Å². The number of carbonyl (C=O) groups is 2. The molecule has 10 heteroatoms. The molecule has 0 bridgehead atoms. The van der Waals surface area contributed by atoms with Gasteiger partial charge in [-0.2, -0.15) is 8.42 Å². The molecule has 2 rings (SSSR count). The van der Waals surface area contributed by atoms with Crippen LogP contribution in [0.4, 0.5) is 0 Å². The van der Waals surface area contributed by atoms with Crippen molar-refractivity contribution in [3.05, 3.63) is 23.5 Å². The minimum atomic E-state index is -4.15. The summed E-state index contributed by atoms with van der Waals surface area (Å²) in [5.74, 6) is -1.25. The molecule has 0 aliphatic heterocycles. The Labute approximate surface area is 140 Å². The Morgan fingerprint density at radius 3 is 2.42 bits per heavy atom. The van der Waals surface area contributed by atoms with Crippen LogP contribution in [-0.4, -0.2) is 42.5 Å². The molecule has 1 aromatic heterocycles. The number of rotatable bonds is 6. The predicted octanol–water partition coefficient (Wildman–Crippen LogP) is -0.413. The van der Waals surface area contributed by atoms with Crippen molar-refractivity contribution < 1.29 is 23.1 Å². The summed E-state index contributed by atoms with van der Waals surface area (Å²) in [4.78, 5) is 22.7. The molecule has 134 valence electrons. The quantitative estimate of drug-likeness (QED) is 0.541. The number of carboxylic acid groups (broad SMARTS) is 1. The van der Waals surface area contributed by atoms with Gasteiger partial charge in [0.1, 0.15) is 5.69 Å². The highest BCUT2D eigenvalue weighted by molar-refractivity contribution is 7.87. The van der Waals surface area contributed by atoms with E-state index in [2.05, 4.69) is 5.32 Å². The number of nitrogens with zero attached hydrogens (tertiary/aromatic N) is 1. The molecule has 0 unspecified atom stereocenters. The number of carbonyl (C=O) groups excluding carboxylic acids is 1. The van der Waals surface area contributed by atoms with E-state index in [0.717, 1.165) is 25.7 Å². The van der Waals surface area contributed by atoms with Crippen LogP contribution in [0.25, 0.3) is 0 Å². The smallest absolute Gasteiger partial charge is 0.353 e. The third kappa shape index (κ3) is 4.13. The minimum absolute atomic E-state index is 0.0411. The maximum absolute atomic E-state index is 11.5. The van der Waals surface area contributed by atoms with E-state index < -0.39 is 16.2 Å². The number of aromatic carboxylic acids is 1. The Hall–Kier alpha value is -1.91. The molecule has 0 atom stereocenters. The van der Waals surface area contributed by atoms with Crippen LogP contribution in [0.1, 0.15) is 47.7 Å². The molecule has 0 spiro atoms. The summed E-state index contributed by atoms with van der Waals surface area (Å²) in [6.07, 6.45) is 4.25. The Balaban J connectivity index is 2.08. The molecule has 24 heavy (non-hydrogen) atoms. The molecule has 0 aromatic carbocycles. The van der Waals surface area contributed by atoms with Crippen molar-refractivity contribution in [2.24, 2.45) is 16.8 Å². The molecule has 1 amide bonds. The molecule has 1 aliphatic carbocycles. The third-order valence-electron chi connectivity index (χ3n) is 4.42. The topological polar surface area (TPSA) is 158 Å². The van der Waals surface area contributed by atoms with E-state index in [0.29, 0.717) is 22.0 Å². The van der Waals surface area contributed by atoms with E-state index >= 15 is 0 Å². The highest BCUT2D eigenvalue weighted by atomic mass is 32.2. The molecule has 0 radical (unpaired) electrons. The first-order chi connectivity index (χ1) is 11.2. The Morgan fingerprint density at radius 2 is 1.92 bits per heavy atom. The number of amides is 1. The second kappa shape index (κ2) is 7.32. The van der Waals surface area contributed by atoms with Crippen LogP contribution in [0, 0.1) is 5.92 Å². The summed E-state index contributed by atoms with van der Waals surface area (Å²) in [5, 5.41) is 17.2. The van der Waals surface area contributed by atoms with E-state index in [1.165, 1.54) is 12.3 Å². The van der Waals surface area contributed by atoms with Gasteiger partial charge in [-0.3, -0.25) is 4.79 Å². The second-order valence-corrected chi connectivity index (χ2v) is 7.41.